The van der Waals surface area contributed by atoms with Gasteiger partial charge in [-0.1, -0.05) is 32.5 Å². The van der Waals surface area contributed by atoms with E-state index in [9.17, 15) is 4.79 Å². The van der Waals surface area contributed by atoms with E-state index in [1.54, 1.807) is 16.4 Å². The molecule has 6 nitrogen and oxygen atoms in total. The lowest BCUT2D eigenvalue weighted by Crippen LogP contribution is -2.13. The van der Waals surface area contributed by atoms with Gasteiger partial charge in [0.1, 0.15) is 11.4 Å². The molecule has 0 radical (unpaired) electrons. The van der Waals surface area contributed by atoms with Crippen molar-refractivity contribution in [2.75, 3.05) is 7.11 Å². The van der Waals surface area contributed by atoms with Crippen molar-refractivity contribution < 1.29 is 4.74 Å². The van der Waals surface area contributed by atoms with Crippen LogP contribution in [0.1, 0.15) is 5.69 Å². The number of benzene rings is 2. The molecule has 0 atom stereocenters. The summed E-state index contributed by atoms with van der Waals surface area (Å²) in [4.78, 5) is 12.3. The molecule has 0 saturated heterocycles. The van der Waals surface area contributed by atoms with Crippen LogP contribution in [0.3, 0.4) is 0 Å². The van der Waals surface area contributed by atoms with Crippen molar-refractivity contribution in [3.05, 3.63) is 68.5 Å². The summed E-state index contributed by atoms with van der Waals surface area (Å²) >= 11 is 4.66. The second kappa shape index (κ2) is 6.45. The third kappa shape index (κ3) is 3.10. The highest BCUT2D eigenvalue weighted by atomic mass is 79.9. The number of hydrogen-bond donors (Lipinski definition) is 0. The van der Waals surface area contributed by atoms with Gasteiger partial charge < -0.3 is 4.74 Å². The van der Waals surface area contributed by atoms with Crippen LogP contribution in [0.4, 0.5) is 0 Å². The molecule has 0 aliphatic rings. The van der Waals surface area contributed by atoms with E-state index in [1.165, 1.54) is 11.3 Å². The Kier molecular flexibility index (Phi) is 4.14. The van der Waals surface area contributed by atoms with Crippen LogP contribution in [0.5, 0.6) is 5.75 Å². The Bertz CT molecular complexity index is 1100. The van der Waals surface area contributed by atoms with Crippen LogP contribution in [0.2, 0.25) is 0 Å². The molecule has 0 unspecified atom stereocenters. The van der Waals surface area contributed by atoms with Crippen molar-refractivity contribution in [3.63, 3.8) is 0 Å². The zero-order chi connectivity index (χ0) is 17.4. The standard InChI is InChI=1S/C17H13BrN4O2S/c1-24-14-5-3-13(4-6-14)22-10-12(19-20-22)9-21-15-7-2-11(18)8-16(15)25-17(21)23/h2-8,10H,9H2,1H3. The molecule has 0 aliphatic heterocycles. The van der Waals surface area contributed by atoms with Gasteiger partial charge in [-0.2, -0.15) is 0 Å². The van der Waals surface area contributed by atoms with Crippen LogP contribution in [-0.2, 0) is 6.54 Å². The molecule has 2 heterocycles. The summed E-state index contributed by atoms with van der Waals surface area (Å²) in [7, 11) is 1.63. The predicted molar refractivity (Wildman–Crippen MR) is 101 cm³/mol. The van der Waals surface area contributed by atoms with Crippen LogP contribution in [0.15, 0.2) is 57.9 Å². The molecule has 8 heteroatoms. The Hall–Kier alpha value is -2.45. The lowest BCUT2D eigenvalue weighted by molar-refractivity contribution is 0.414. The van der Waals surface area contributed by atoms with Crippen molar-refractivity contribution in [2.24, 2.45) is 0 Å². The molecular formula is C17H13BrN4O2S. The van der Waals surface area contributed by atoms with E-state index in [4.69, 9.17) is 4.74 Å². The number of halogens is 1. The second-order valence-electron chi connectivity index (χ2n) is 5.42. The fraction of sp³-hybridized carbons (Fsp3) is 0.118. The quantitative estimate of drug-likeness (QED) is 0.510. The molecule has 0 aliphatic carbocycles. The number of rotatable bonds is 4. The zero-order valence-electron chi connectivity index (χ0n) is 13.2. The first kappa shape index (κ1) is 16.0. The molecule has 0 bridgehead atoms. The molecule has 25 heavy (non-hydrogen) atoms. The van der Waals surface area contributed by atoms with Gasteiger partial charge in [-0.15, -0.1) is 5.10 Å². The highest BCUT2D eigenvalue weighted by Gasteiger charge is 2.11. The van der Waals surface area contributed by atoms with E-state index in [2.05, 4.69) is 26.2 Å². The van der Waals surface area contributed by atoms with Gasteiger partial charge >= 0.3 is 4.87 Å². The molecule has 0 amide bonds. The highest BCUT2D eigenvalue weighted by molar-refractivity contribution is 9.10. The third-order valence-electron chi connectivity index (χ3n) is 3.83. The monoisotopic (exact) mass is 416 g/mol. The van der Waals surface area contributed by atoms with E-state index in [-0.39, 0.29) is 4.87 Å². The van der Waals surface area contributed by atoms with Gasteiger partial charge in [0, 0.05) is 4.47 Å². The molecule has 4 aromatic rings. The maximum Gasteiger partial charge on any atom is 0.308 e. The first-order valence-corrected chi connectivity index (χ1v) is 9.09. The highest BCUT2D eigenvalue weighted by Crippen LogP contribution is 2.22. The number of ether oxygens (including phenoxy) is 1. The summed E-state index contributed by atoms with van der Waals surface area (Å²) in [6.07, 6.45) is 1.83. The van der Waals surface area contributed by atoms with Crippen LogP contribution in [0, 0.1) is 0 Å². The summed E-state index contributed by atoms with van der Waals surface area (Å²) in [5.74, 6) is 0.784. The molecule has 2 aromatic carbocycles. The van der Waals surface area contributed by atoms with Crippen LogP contribution in [0.25, 0.3) is 15.9 Å². The zero-order valence-corrected chi connectivity index (χ0v) is 15.6. The molecule has 4 rings (SSSR count). The minimum atomic E-state index is -0.00732. The van der Waals surface area contributed by atoms with Gasteiger partial charge in [0.05, 0.1) is 35.8 Å². The summed E-state index contributed by atoms with van der Waals surface area (Å²) in [5.41, 5.74) is 2.50. The largest absolute Gasteiger partial charge is 0.497 e. The van der Waals surface area contributed by atoms with Crippen molar-refractivity contribution in [1.29, 1.82) is 0 Å². The number of thiazole rings is 1. The number of hydrogen-bond acceptors (Lipinski definition) is 5. The third-order valence-corrected chi connectivity index (χ3v) is 5.26. The maximum atomic E-state index is 12.3. The Labute approximate surface area is 155 Å². The maximum absolute atomic E-state index is 12.3. The fourth-order valence-electron chi connectivity index (χ4n) is 2.58. The molecule has 0 N–H and O–H groups in total. The van der Waals surface area contributed by atoms with Gasteiger partial charge in [0.15, 0.2) is 0 Å². The van der Waals surface area contributed by atoms with E-state index >= 15 is 0 Å². The fourth-order valence-corrected chi connectivity index (χ4v) is 4.03. The minimum absolute atomic E-state index is 0.00732. The van der Waals surface area contributed by atoms with E-state index in [1.807, 2.05) is 48.7 Å². The van der Waals surface area contributed by atoms with Gasteiger partial charge in [0.2, 0.25) is 0 Å². The molecule has 0 spiro atoms. The summed E-state index contributed by atoms with van der Waals surface area (Å²) in [6.45, 7) is 0.386. The van der Waals surface area contributed by atoms with Gasteiger partial charge in [-0.3, -0.25) is 9.36 Å². The van der Waals surface area contributed by atoms with Crippen LogP contribution in [-0.4, -0.2) is 26.7 Å². The van der Waals surface area contributed by atoms with Crippen LogP contribution < -0.4 is 9.61 Å². The first-order valence-electron chi connectivity index (χ1n) is 7.48. The Morgan fingerprint density at radius 3 is 2.76 bits per heavy atom. The average molecular weight is 417 g/mol. The summed E-state index contributed by atoms with van der Waals surface area (Å²) in [6, 6.07) is 13.4. The molecular weight excluding hydrogens is 404 g/mol. The van der Waals surface area contributed by atoms with Crippen molar-refractivity contribution in [1.82, 2.24) is 19.6 Å². The summed E-state index contributed by atoms with van der Waals surface area (Å²) in [5, 5.41) is 8.35. The van der Waals surface area contributed by atoms with Crippen LogP contribution >= 0.6 is 27.3 Å². The van der Waals surface area contributed by atoms with Crippen molar-refractivity contribution >= 4 is 37.5 Å². The van der Waals surface area contributed by atoms with Crippen molar-refractivity contribution in [2.45, 2.75) is 6.54 Å². The molecule has 126 valence electrons. The van der Waals surface area contributed by atoms with E-state index in [0.717, 1.165) is 31.8 Å². The van der Waals surface area contributed by atoms with Gasteiger partial charge in [-0.25, -0.2) is 4.68 Å². The van der Waals surface area contributed by atoms with Gasteiger partial charge in [-0.05, 0) is 42.5 Å². The Morgan fingerprint density at radius 2 is 2.00 bits per heavy atom. The minimum Gasteiger partial charge on any atom is -0.497 e. The lowest BCUT2D eigenvalue weighted by Gasteiger charge is -2.02. The Balaban J connectivity index is 1.65. The van der Waals surface area contributed by atoms with E-state index < -0.39 is 0 Å². The topological polar surface area (TPSA) is 61.9 Å². The molecule has 2 aromatic heterocycles. The Morgan fingerprint density at radius 1 is 1.20 bits per heavy atom. The number of aromatic nitrogens is 4. The number of nitrogens with zero attached hydrogens (tertiary/aromatic N) is 4. The van der Waals surface area contributed by atoms with E-state index in [0.29, 0.717) is 6.54 Å². The normalized spacial score (nSPS) is 11.1. The second-order valence-corrected chi connectivity index (χ2v) is 7.33. The number of fused-ring (bicyclic) bond motifs is 1. The first-order chi connectivity index (χ1) is 12.1. The molecule has 0 fully saturated rings. The predicted octanol–water partition coefficient (Wildman–Crippen LogP) is 3.46. The van der Waals surface area contributed by atoms with Gasteiger partial charge in [0.25, 0.3) is 0 Å². The van der Waals surface area contributed by atoms with Crippen molar-refractivity contribution in [3.8, 4) is 11.4 Å². The summed E-state index contributed by atoms with van der Waals surface area (Å²) < 4.78 is 10.5. The smallest absolute Gasteiger partial charge is 0.308 e. The molecule has 0 saturated carbocycles. The average Bonchev–Trinajstić information content (AvgIpc) is 3.20. The lowest BCUT2D eigenvalue weighted by atomic mass is 10.3. The number of methoxy groups -OCH3 is 1. The SMILES string of the molecule is COc1ccc(-n2cc(Cn3c(=O)sc4cc(Br)ccc43)nn2)cc1.